The van der Waals surface area contributed by atoms with Crippen LogP contribution in [0.1, 0.15) is 43.4 Å². The van der Waals surface area contributed by atoms with Crippen LogP contribution in [0.5, 0.6) is 5.75 Å². The number of ether oxygens (including phenoxy) is 1. The SMILES string of the molecule is CCCCN(CCNCC(O)c1ccc(O)c2c1SC(=O)CN2)C(=O)CCOCCc1ccccc1. The van der Waals surface area contributed by atoms with Crippen LogP contribution in [-0.4, -0.2) is 72.1 Å². The van der Waals surface area contributed by atoms with E-state index < -0.39 is 6.10 Å². The number of aliphatic hydroxyl groups is 1. The number of hydrogen-bond acceptors (Lipinski definition) is 8. The molecule has 0 bridgehead atoms. The van der Waals surface area contributed by atoms with E-state index in [0.717, 1.165) is 31.0 Å². The molecule has 9 heteroatoms. The molecule has 2 aromatic rings. The lowest BCUT2D eigenvalue weighted by molar-refractivity contribution is -0.132. The number of phenolic OH excluding ortho intramolecular Hbond substituents is 1. The number of unbranched alkanes of at least 4 members (excludes halogenated alkanes) is 1. The molecule has 0 aromatic heterocycles. The predicted molar refractivity (Wildman–Crippen MR) is 142 cm³/mol. The van der Waals surface area contributed by atoms with Crippen molar-refractivity contribution in [2.75, 3.05) is 51.3 Å². The van der Waals surface area contributed by atoms with Crippen LogP contribution in [0.3, 0.4) is 0 Å². The molecule has 1 amide bonds. The fourth-order valence-electron chi connectivity index (χ4n) is 3.97. The van der Waals surface area contributed by atoms with Crippen LogP contribution in [0.2, 0.25) is 0 Å². The number of fused-ring (bicyclic) bond motifs is 1. The summed E-state index contributed by atoms with van der Waals surface area (Å²) in [4.78, 5) is 27.0. The molecule has 1 unspecified atom stereocenters. The van der Waals surface area contributed by atoms with Gasteiger partial charge in [0.05, 0.1) is 38.0 Å². The number of aliphatic hydroxyl groups excluding tert-OH is 1. The predicted octanol–water partition coefficient (Wildman–Crippen LogP) is 3.34. The van der Waals surface area contributed by atoms with E-state index in [0.29, 0.717) is 55.4 Å². The zero-order valence-electron chi connectivity index (χ0n) is 20.9. The van der Waals surface area contributed by atoms with Crippen molar-refractivity contribution in [2.45, 2.75) is 43.6 Å². The highest BCUT2D eigenvalue weighted by molar-refractivity contribution is 8.14. The Balaban J connectivity index is 1.41. The molecule has 0 radical (unpaired) electrons. The van der Waals surface area contributed by atoms with Crippen molar-refractivity contribution >= 4 is 28.5 Å². The summed E-state index contributed by atoms with van der Waals surface area (Å²) < 4.78 is 5.69. The molecule has 196 valence electrons. The van der Waals surface area contributed by atoms with E-state index in [4.69, 9.17) is 4.74 Å². The summed E-state index contributed by atoms with van der Waals surface area (Å²) in [5.41, 5.74) is 2.29. The molecule has 4 N–H and O–H groups in total. The number of amides is 1. The summed E-state index contributed by atoms with van der Waals surface area (Å²) >= 11 is 1.03. The summed E-state index contributed by atoms with van der Waals surface area (Å²) in [6, 6.07) is 13.3. The molecule has 1 atom stereocenters. The molecule has 0 fully saturated rings. The van der Waals surface area contributed by atoms with Gasteiger partial charge in [0.1, 0.15) is 5.75 Å². The summed E-state index contributed by atoms with van der Waals surface area (Å²) in [5, 5.41) is 26.9. The van der Waals surface area contributed by atoms with Gasteiger partial charge in [-0.3, -0.25) is 9.59 Å². The number of benzene rings is 2. The summed E-state index contributed by atoms with van der Waals surface area (Å²) in [7, 11) is 0. The summed E-state index contributed by atoms with van der Waals surface area (Å²) in [6.45, 7) is 5.26. The Morgan fingerprint density at radius 1 is 1.19 bits per heavy atom. The number of rotatable bonds is 15. The Kier molecular flexibility index (Phi) is 11.5. The maximum Gasteiger partial charge on any atom is 0.224 e. The largest absolute Gasteiger partial charge is 0.506 e. The van der Waals surface area contributed by atoms with Gasteiger partial charge < -0.3 is 30.5 Å². The average molecular weight is 516 g/mol. The van der Waals surface area contributed by atoms with Crippen LogP contribution < -0.4 is 10.6 Å². The van der Waals surface area contributed by atoms with Crippen molar-refractivity contribution in [2.24, 2.45) is 0 Å². The maximum absolute atomic E-state index is 12.8. The van der Waals surface area contributed by atoms with E-state index >= 15 is 0 Å². The van der Waals surface area contributed by atoms with Crippen LogP contribution in [0, 0.1) is 0 Å². The van der Waals surface area contributed by atoms with E-state index in [1.807, 2.05) is 23.1 Å². The third-order valence-electron chi connectivity index (χ3n) is 6.02. The number of carbonyl (C=O) groups excluding carboxylic acids is 2. The van der Waals surface area contributed by atoms with Gasteiger partial charge in [0.15, 0.2) is 0 Å². The van der Waals surface area contributed by atoms with Crippen molar-refractivity contribution in [1.82, 2.24) is 10.2 Å². The van der Waals surface area contributed by atoms with Gasteiger partial charge in [-0.25, -0.2) is 0 Å². The summed E-state index contributed by atoms with van der Waals surface area (Å²) in [6.07, 6.45) is 2.26. The molecule has 36 heavy (non-hydrogen) atoms. The van der Waals surface area contributed by atoms with E-state index in [9.17, 15) is 19.8 Å². The standard InChI is InChI=1S/C27H37N3O5S/c1-2-3-14-30(24(33)12-17-35-16-11-20-7-5-4-6-8-20)15-13-28-18-23(32)21-9-10-22(31)26-27(21)36-25(34)19-29-26/h4-10,23,28-29,31-32H,2-3,11-19H2,1H3. The fraction of sp³-hybridized carbons (Fsp3) is 0.481. The van der Waals surface area contributed by atoms with Gasteiger partial charge in [-0.2, -0.15) is 0 Å². The second-order valence-corrected chi connectivity index (χ2v) is 9.83. The van der Waals surface area contributed by atoms with Crippen molar-refractivity contribution in [1.29, 1.82) is 0 Å². The highest BCUT2D eigenvalue weighted by Crippen LogP contribution is 2.42. The number of nitrogens with zero attached hydrogens (tertiary/aromatic N) is 1. The van der Waals surface area contributed by atoms with Crippen molar-refractivity contribution < 1.29 is 24.5 Å². The highest BCUT2D eigenvalue weighted by Gasteiger charge is 2.25. The Hall–Kier alpha value is -2.59. The first-order valence-electron chi connectivity index (χ1n) is 12.6. The normalized spacial score (nSPS) is 13.7. The minimum Gasteiger partial charge on any atom is -0.506 e. The molecular formula is C27H37N3O5S. The lowest BCUT2D eigenvalue weighted by atomic mass is 10.1. The molecular weight excluding hydrogens is 478 g/mol. The van der Waals surface area contributed by atoms with E-state index in [2.05, 4.69) is 29.7 Å². The van der Waals surface area contributed by atoms with Crippen LogP contribution in [0.4, 0.5) is 5.69 Å². The Bertz CT molecular complexity index is 989. The van der Waals surface area contributed by atoms with Gasteiger partial charge in [0.2, 0.25) is 11.0 Å². The highest BCUT2D eigenvalue weighted by atomic mass is 32.2. The molecule has 2 aromatic carbocycles. The molecule has 3 rings (SSSR count). The zero-order chi connectivity index (χ0) is 25.8. The van der Waals surface area contributed by atoms with Crippen molar-refractivity contribution in [3.63, 3.8) is 0 Å². The fourth-order valence-corrected chi connectivity index (χ4v) is 4.94. The number of hydrogen-bond donors (Lipinski definition) is 4. The maximum atomic E-state index is 12.8. The lowest BCUT2D eigenvalue weighted by Crippen LogP contribution is -2.39. The molecule has 1 aliphatic rings. The quantitative estimate of drug-likeness (QED) is 0.211. The van der Waals surface area contributed by atoms with Crippen LogP contribution in [0.15, 0.2) is 47.4 Å². The molecule has 0 saturated carbocycles. The Morgan fingerprint density at radius 2 is 2.00 bits per heavy atom. The molecule has 0 aliphatic carbocycles. The molecule has 1 aliphatic heterocycles. The van der Waals surface area contributed by atoms with Gasteiger partial charge in [-0.1, -0.05) is 49.7 Å². The Labute approximate surface area is 217 Å². The number of thioether (sulfide) groups is 1. The number of anilines is 1. The van der Waals surface area contributed by atoms with Gasteiger partial charge in [0, 0.05) is 31.1 Å². The Morgan fingerprint density at radius 3 is 2.78 bits per heavy atom. The van der Waals surface area contributed by atoms with Gasteiger partial charge in [-0.15, -0.1) is 0 Å². The smallest absolute Gasteiger partial charge is 0.224 e. The topological polar surface area (TPSA) is 111 Å². The average Bonchev–Trinajstić information content (AvgIpc) is 2.88. The van der Waals surface area contributed by atoms with Crippen molar-refractivity contribution in [3.05, 3.63) is 53.6 Å². The molecule has 1 heterocycles. The number of aromatic hydroxyl groups is 1. The molecule has 8 nitrogen and oxygen atoms in total. The first kappa shape index (κ1) is 28.0. The second-order valence-electron chi connectivity index (χ2n) is 8.76. The second kappa shape index (κ2) is 14.8. The van der Waals surface area contributed by atoms with E-state index in [-0.39, 0.29) is 29.9 Å². The summed E-state index contributed by atoms with van der Waals surface area (Å²) in [5.74, 6) is 0.127. The monoisotopic (exact) mass is 515 g/mol. The third-order valence-corrected chi connectivity index (χ3v) is 7.04. The minimum atomic E-state index is -0.850. The van der Waals surface area contributed by atoms with E-state index in [1.54, 1.807) is 6.07 Å². The van der Waals surface area contributed by atoms with Crippen LogP contribution >= 0.6 is 11.8 Å². The zero-order valence-corrected chi connectivity index (χ0v) is 21.7. The number of nitrogens with one attached hydrogen (secondary N) is 2. The first-order chi connectivity index (χ1) is 17.5. The van der Waals surface area contributed by atoms with E-state index in [1.165, 1.54) is 11.6 Å². The third kappa shape index (κ3) is 8.51. The molecule has 0 spiro atoms. The lowest BCUT2D eigenvalue weighted by Gasteiger charge is -2.25. The van der Waals surface area contributed by atoms with Gasteiger partial charge in [-0.05, 0) is 41.8 Å². The van der Waals surface area contributed by atoms with Crippen LogP contribution in [-0.2, 0) is 20.7 Å². The first-order valence-corrected chi connectivity index (χ1v) is 13.4. The van der Waals surface area contributed by atoms with Crippen LogP contribution in [0.25, 0.3) is 0 Å². The number of phenols is 1. The number of carbonyl (C=O) groups is 2. The van der Waals surface area contributed by atoms with Gasteiger partial charge in [0.25, 0.3) is 0 Å². The van der Waals surface area contributed by atoms with Crippen molar-refractivity contribution in [3.8, 4) is 5.75 Å². The minimum absolute atomic E-state index is 0.0584. The van der Waals surface area contributed by atoms with Gasteiger partial charge >= 0.3 is 0 Å². The molecule has 0 saturated heterocycles.